The number of nitrogens with zero attached hydrogens (tertiary/aromatic N) is 2. The van der Waals surface area contributed by atoms with Crippen molar-refractivity contribution in [3.05, 3.63) is 35.7 Å². The average Bonchev–Trinajstić information content (AvgIpc) is 3.07. The summed E-state index contributed by atoms with van der Waals surface area (Å²) in [5, 5.41) is 10.4. The minimum absolute atomic E-state index is 0.354. The van der Waals surface area contributed by atoms with Gasteiger partial charge in [-0.1, -0.05) is 19.9 Å². The van der Waals surface area contributed by atoms with Crippen molar-refractivity contribution in [3.8, 4) is 0 Å². The van der Waals surface area contributed by atoms with E-state index in [1.165, 1.54) is 24.1 Å². The lowest BCUT2D eigenvalue weighted by Crippen LogP contribution is -2.48. The highest BCUT2D eigenvalue weighted by Crippen LogP contribution is 2.59. The highest BCUT2D eigenvalue weighted by molar-refractivity contribution is 5.23. The van der Waals surface area contributed by atoms with E-state index in [-0.39, 0.29) is 0 Å². The fraction of sp³-hybridized carbons (Fsp3) is 0.714. The van der Waals surface area contributed by atoms with Gasteiger partial charge in [0.15, 0.2) is 0 Å². The Labute approximate surface area is 151 Å². The number of aromatic nitrogens is 1. The van der Waals surface area contributed by atoms with E-state index in [2.05, 4.69) is 54.6 Å². The summed E-state index contributed by atoms with van der Waals surface area (Å²) in [4.78, 5) is 2.36. The van der Waals surface area contributed by atoms with E-state index in [9.17, 15) is 5.11 Å². The Balaban J connectivity index is 1.24. The van der Waals surface area contributed by atoms with Gasteiger partial charge in [-0.05, 0) is 54.7 Å². The number of hydrogen-bond donors (Lipinski definition) is 1. The third kappa shape index (κ3) is 3.09. The predicted octanol–water partition coefficient (Wildman–Crippen LogP) is 3.23. The summed E-state index contributed by atoms with van der Waals surface area (Å²) in [6, 6.07) is 4.65. The number of allylic oxidation sites excluding steroid dienone is 1. The average molecular weight is 344 g/mol. The number of aliphatic hydroxyl groups excluding tert-OH is 1. The van der Waals surface area contributed by atoms with E-state index < -0.39 is 6.10 Å². The van der Waals surface area contributed by atoms with E-state index >= 15 is 0 Å². The number of rotatable bonds is 6. The predicted molar refractivity (Wildman–Crippen MR) is 99.3 cm³/mol. The molecule has 138 valence electrons. The van der Waals surface area contributed by atoms with Crippen LogP contribution in [0.25, 0.3) is 0 Å². The van der Waals surface area contributed by atoms with Crippen LogP contribution in [0.15, 0.2) is 30.0 Å². The maximum absolute atomic E-state index is 10.4. The van der Waals surface area contributed by atoms with Gasteiger partial charge in [0, 0.05) is 37.6 Å². The van der Waals surface area contributed by atoms with Crippen molar-refractivity contribution in [2.75, 3.05) is 26.3 Å². The molecule has 1 saturated carbocycles. The van der Waals surface area contributed by atoms with Crippen LogP contribution in [0.1, 0.15) is 45.3 Å². The highest BCUT2D eigenvalue weighted by atomic mass is 16.5. The van der Waals surface area contributed by atoms with Crippen LogP contribution in [0.4, 0.5) is 0 Å². The molecule has 4 nitrogen and oxygen atoms in total. The molecule has 4 aliphatic rings. The van der Waals surface area contributed by atoms with Gasteiger partial charge in [-0.2, -0.15) is 0 Å². The minimum Gasteiger partial charge on any atom is -0.389 e. The molecule has 5 rings (SSSR count). The van der Waals surface area contributed by atoms with Crippen LogP contribution in [0, 0.1) is 17.3 Å². The Bertz CT molecular complexity index is 648. The summed E-state index contributed by atoms with van der Waals surface area (Å²) in [6.07, 6.45) is 6.64. The number of aliphatic hydroxyl groups is 1. The second-order valence-electron chi connectivity index (χ2n) is 8.79. The van der Waals surface area contributed by atoms with Gasteiger partial charge in [-0.15, -0.1) is 0 Å². The van der Waals surface area contributed by atoms with Gasteiger partial charge in [0.1, 0.15) is 0 Å². The zero-order valence-electron chi connectivity index (χ0n) is 15.8. The van der Waals surface area contributed by atoms with Crippen molar-refractivity contribution in [2.45, 2.75) is 52.3 Å². The van der Waals surface area contributed by atoms with E-state index in [1.807, 2.05) is 0 Å². The number of hydrogen-bond acceptors (Lipinski definition) is 3. The zero-order valence-corrected chi connectivity index (χ0v) is 15.8. The third-order valence-electron chi connectivity index (χ3n) is 7.08. The standard InChI is InChI=1S/C21H32N2O2/c1-15-20-5-4-8-22(20)9-10-23(15)12-18(24)14-25-13-16-6-7-17-11-19(16)21(17,2)3/h4-6,8,15,17-19,24H,7,9-14H2,1-3H3/t15-,17-,18-,19+/m0/s1. The molecule has 0 radical (unpaired) electrons. The van der Waals surface area contributed by atoms with Gasteiger partial charge in [0.2, 0.25) is 0 Å². The lowest BCUT2D eigenvalue weighted by Gasteiger charge is -2.56. The molecule has 0 spiro atoms. The maximum Gasteiger partial charge on any atom is 0.0900 e. The molecular weight excluding hydrogens is 312 g/mol. The van der Waals surface area contributed by atoms with Crippen molar-refractivity contribution in [1.82, 2.24) is 9.47 Å². The van der Waals surface area contributed by atoms with E-state index in [4.69, 9.17) is 4.74 Å². The van der Waals surface area contributed by atoms with Gasteiger partial charge in [-0.3, -0.25) is 4.90 Å². The first-order chi connectivity index (χ1) is 12.0. The van der Waals surface area contributed by atoms with Gasteiger partial charge in [-0.25, -0.2) is 0 Å². The molecule has 25 heavy (non-hydrogen) atoms. The van der Waals surface area contributed by atoms with Crippen molar-refractivity contribution in [3.63, 3.8) is 0 Å². The molecule has 4 atom stereocenters. The van der Waals surface area contributed by atoms with Gasteiger partial charge >= 0.3 is 0 Å². The summed E-state index contributed by atoms with van der Waals surface area (Å²) in [7, 11) is 0. The van der Waals surface area contributed by atoms with Crippen molar-refractivity contribution >= 4 is 0 Å². The van der Waals surface area contributed by atoms with Crippen LogP contribution < -0.4 is 0 Å². The zero-order chi connectivity index (χ0) is 17.6. The Kier molecular flexibility index (Phi) is 4.55. The molecule has 1 fully saturated rings. The highest BCUT2D eigenvalue weighted by Gasteiger charge is 2.50. The molecule has 0 unspecified atom stereocenters. The van der Waals surface area contributed by atoms with Crippen LogP contribution in [0.5, 0.6) is 0 Å². The molecule has 1 aromatic heterocycles. The van der Waals surface area contributed by atoms with E-state index in [0.717, 1.165) is 19.0 Å². The van der Waals surface area contributed by atoms with Crippen LogP contribution in [-0.4, -0.2) is 47.0 Å². The first-order valence-corrected chi connectivity index (χ1v) is 9.80. The monoisotopic (exact) mass is 344 g/mol. The quantitative estimate of drug-likeness (QED) is 0.805. The van der Waals surface area contributed by atoms with Crippen LogP contribution in [-0.2, 0) is 11.3 Å². The molecule has 1 aromatic rings. The van der Waals surface area contributed by atoms with Crippen molar-refractivity contribution in [1.29, 1.82) is 0 Å². The van der Waals surface area contributed by atoms with Crippen LogP contribution in [0.2, 0.25) is 0 Å². The Morgan fingerprint density at radius 3 is 2.96 bits per heavy atom. The summed E-state index contributed by atoms with van der Waals surface area (Å²) in [6.45, 7) is 10.8. The largest absolute Gasteiger partial charge is 0.389 e. The molecule has 1 N–H and O–H groups in total. The van der Waals surface area contributed by atoms with Crippen LogP contribution >= 0.6 is 0 Å². The van der Waals surface area contributed by atoms with Gasteiger partial charge in [0.25, 0.3) is 0 Å². The summed E-state index contributed by atoms with van der Waals surface area (Å²) >= 11 is 0. The smallest absolute Gasteiger partial charge is 0.0900 e. The lowest BCUT2D eigenvalue weighted by atomic mass is 9.49. The molecule has 0 amide bonds. The Hall–Kier alpha value is -1.10. The molecule has 1 aliphatic heterocycles. The lowest BCUT2D eigenvalue weighted by molar-refractivity contribution is -0.0281. The Morgan fingerprint density at radius 1 is 1.36 bits per heavy atom. The summed E-state index contributed by atoms with van der Waals surface area (Å²) < 4.78 is 8.22. The first kappa shape index (κ1) is 17.3. The topological polar surface area (TPSA) is 37.6 Å². The second-order valence-corrected chi connectivity index (χ2v) is 8.79. The third-order valence-corrected chi connectivity index (χ3v) is 7.08. The SMILES string of the molecule is C[C@H]1c2cccn2CCN1C[C@H](O)COCC1=CC[C@H]2C[C@H]1C2(C)C. The molecule has 2 heterocycles. The number of fused-ring (bicyclic) bond motifs is 2. The Morgan fingerprint density at radius 2 is 2.20 bits per heavy atom. The van der Waals surface area contributed by atoms with Gasteiger partial charge < -0.3 is 14.4 Å². The summed E-state index contributed by atoms with van der Waals surface area (Å²) in [5.41, 5.74) is 3.25. The molecule has 0 saturated heterocycles. The first-order valence-electron chi connectivity index (χ1n) is 9.80. The van der Waals surface area contributed by atoms with Crippen molar-refractivity contribution in [2.24, 2.45) is 17.3 Å². The molecule has 4 heteroatoms. The van der Waals surface area contributed by atoms with Gasteiger partial charge in [0.05, 0.1) is 19.3 Å². The second kappa shape index (κ2) is 6.57. The fourth-order valence-electron chi connectivity index (χ4n) is 5.15. The number of ether oxygens (including phenoxy) is 1. The van der Waals surface area contributed by atoms with E-state index in [0.29, 0.717) is 37.1 Å². The summed E-state index contributed by atoms with van der Waals surface area (Å²) in [5.74, 6) is 1.56. The molecular formula is C21H32N2O2. The molecule has 0 aromatic carbocycles. The molecule has 3 aliphatic carbocycles. The normalized spacial score (nSPS) is 31.8. The molecule has 2 bridgehead atoms. The number of β-amino-alcohol motifs (C(OH)–C–C–N with tert-alkyl or cyclic N) is 1. The van der Waals surface area contributed by atoms with Crippen LogP contribution in [0.3, 0.4) is 0 Å². The van der Waals surface area contributed by atoms with Crippen molar-refractivity contribution < 1.29 is 9.84 Å². The minimum atomic E-state index is -0.421. The fourth-order valence-corrected chi connectivity index (χ4v) is 5.15. The maximum atomic E-state index is 10.4. The van der Waals surface area contributed by atoms with E-state index in [1.54, 1.807) is 0 Å².